The van der Waals surface area contributed by atoms with Crippen LogP contribution in [0, 0.1) is 6.92 Å². The Morgan fingerprint density at radius 2 is 1.97 bits per heavy atom. The molecule has 1 aromatic heterocycles. The maximum absolute atomic E-state index is 4.20. The van der Waals surface area contributed by atoms with Crippen molar-refractivity contribution in [3.63, 3.8) is 0 Å². The summed E-state index contributed by atoms with van der Waals surface area (Å²) in [5.74, 6) is 0.642. The summed E-state index contributed by atoms with van der Waals surface area (Å²) in [7, 11) is 2.25. The minimum absolute atomic E-state index is 0.00403. The number of rotatable bonds is 4. The van der Waals surface area contributed by atoms with Crippen LogP contribution in [0.5, 0.6) is 0 Å². The predicted octanol–water partition coefficient (Wildman–Crippen LogP) is 4.68. The number of likely N-dealkylation sites (N-methyl/N-ethyl adjacent to an activating group) is 1. The van der Waals surface area contributed by atoms with Crippen LogP contribution >= 0.6 is 0 Å². The van der Waals surface area contributed by atoms with Crippen molar-refractivity contribution < 1.29 is 0 Å². The van der Waals surface area contributed by atoms with Crippen molar-refractivity contribution in [2.45, 2.75) is 64.3 Å². The van der Waals surface area contributed by atoms with Crippen LogP contribution in [-0.4, -0.2) is 45.2 Å². The van der Waals surface area contributed by atoms with Crippen molar-refractivity contribution in [2.24, 2.45) is 0 Å². The summed E-state index contributed by atoms with van der Waals surface area (Å²) in [6.45, 7) is 12.9. The van der Waals surface area contributed by atoms with E-state index >= 15 is 0 Å². The smallest absolute Gasteiger partial charge is 0.204 e. The van der Waals surface area contributed by atoms with E-state index in [-0.39, 0.29) is 10.8 Å². The number of H-pyrrole nitrogens is 1. The number of nitrogens with zero attached hydrogens (tertiary/aromatic N) is 4. The van der Waals surface area contributed by atoms with E-state index in [1.165, 1.54) is 22.3 Å². The van der Waals surface area contributed by atoms with E-state index in [0.29, 0.717) is 11.9 Å². The van der Waals surface area contributed by atoms with Gasteiger partial charge in [-0.15, -0.1) is 10.2 Å². The summed E-state index contributed by atoms with van der Waals surface area (Å²) in [6.07, 6.45) is 2.17. The van der Waals surface area contributed by atoms with Gasteiger partial charge in [-0.25, -0.2) is 0 Å². The molecule has 0 radical (unpaired) electrons. The highest BCUT2D eigenvalue weighted by Gasteiger charge is 2.54. The molecular weight excluding hydrogens is 370 g/mol. The predicted molar refractivity (Wildman–Crippen MR) is 122 cm³/mol. The number of benzene rings is 2. The lowest BCUT2D eigenvalue weighted by atomic mass is 9.52. The van der Waals surface area contributed by atoms with Crippen molar-refractivity contribution in [2.75, 3.05) is 13.6 Å². The molecule has 2 aromatic carbocycles. The highest BCUT2D eigenvalue weighted by molar-refractivity contribution is 5.57. The maximum atomic E-state index is 4.20. The molecule has 1 N–H and O–H groups in total. The number of hydrogen-bond acceptors (Lipinski definition) is 4. The normalized spacial score (nSPS) is 27.3. The first kappa shape index (κ1) is 20.7. The number of nitrogens with one attached hydrogen (secondary N) is 1. The van der Waals surface area contributed by atoms with Gasteiger partial charge in [0.2, 0.25) is 5.82 Å². The van der Waals surface area contributed by atoms with E-state index < -0.39 is 0 Å². The molecule has 3 atom stereocenters. The largest absolute Gasteiger partial charge is 0.303 e. The topological polar surface area (TPSA) is 57.7 Å². The van der Waals surface area contributed by atoms with Crippen molar-refractivity contribution >= 4 is 0 Å². The molecule has 1 aliphatic rings. The number of piperidine rings is 1. The second-order valence-corrected chi connectivity index (χ2v) is 9.26. The summed E-state index contributed by atoms with van der Waals surface area (Å²) in [5, 5.41) is 14.7. The first-order chi connectivity index (χ1) is 14.3. The summed E-state index contributed by atoms with van der Waals surface area (Å²) in [4.78, 5) is 2.50. The van der Waals surface area contributed by atoms with Gasteiger partial charge in [0.1, 0.15) is 0 Å². The number of likely N-dealkylation sites (tertiary alicyclic amines) is 1. The molecule has 0 bridgehead atoms. The molecule has 1 aliphatic heterocycles. The Kier molecular flexibility index (Phi) is 5.27. The highest BCUT2D eigenvalue weighted by atomic mass is 15.5. The van der Waals surface area contributed by atoms with Crippen molar-refractivity contribution in [3.8, 4) is 11.4 Å². The molecule has 158 valence electrons. The van der Waals surface area contributed by atoms with Crippen molar-refractivity contribution in [3.05, 3.63) is 64.7 Å². The van der Waals surface area contributed by atoms with Crippen LogP contribution < -0.4 is 0 Å². The molecule has 30 heavy (non-hydrogen) atoms. The maximum Gasteiger partial charge on any atom is 0.204 e. The van der Waals surface area contributed by atoms with E-state index in [4.69, 9.17) is 0 Å². The number of aryl methyl sites for hydroxylation is 2. The minimum atomic E-state index is -0.0864. The van der Waals surface area contributed by atoms with Gasteiger partial charge in [0.05, 0.1) is 0 Å². The third kappa shape index (κ3) is 3.07. The van der Waals surface area contributed by atoms with Crippen LogP contribution in [0.2, 0.25) is 0 Å². The summed E-state index contributed by atoms with van der Waals surface area (Å²) in [6, 6.07) is 16.1. The first-order valence-corrected chi connectivity index (χ1v) is 11.0. The molecule has 1 saturated heterocycles. The molecule has 0 spiro atoms. The van der Waals surface area contributed by atoms with Gasteiger partial charge >= 0.3 is 0 Å². The highest BCUT2D eigenvalue weighted by Crippen LogP contribution is 2.53. The minimum Gasteiger partial charge on any atom is -0.303 e. The molecule has 3 aromatic rings. The number of hydrogen-bond donors (Lipinski definition) is 1. The zero-order valence-electron chi connectivity index (χ0n) is 19.0. The lowest BCUT2D eigenvalue weighted by Crippen LogP contribution is -2.62. The van der Waals surface area contributed by atoms with E-state index in [9.17, 15) is 0 Å². The third-order valence-corrected chi connectivity index (χ3v) is 7.98. The Bertz CT molecular complexity index is 1030. The summed E-state index contributed by atoms with van der Waals surface area (Å²) < 4.78 is 0. The van der Waals surface area contributed by atoms with Crippen LogP contribution in [0.25, 0.3) is 11.4 Å². The Morgan fingerprint density at radius 3 is 2.67 bits per heavy atom. The Balaban J connectivity index is 1.92. The lowest BCUT2D eigenvalue weighted by Gasteiger charge is -2.58. The Labute approximate surface area is 179 Å². The molecule has 0 saturated carbocycles. The molecule has 1 unspecified atom stereocenters. The quantitative estimate of drug-likeness (QED) is 0.687. The number of tetrazole rings is 1. The molecule has 5 heteroatoms. The second kappa shape index (κ2) is 7.62. The average molecular weight is 404 g/mol. The SMILES string of the molecule is CCc1ccc(C)c([C@@]2(C)CCN(C)C(C)[C@]2(C)c2cccc(-c3nn[nH]n3)c2)c1. The van der Waals surface area contributed by atoms with Gasteiger partial charge < -0.3 is 4.90 Å². The van der Waals surface area contributed by atoms with Crippen molar-refractivity contribution in [1.82, 2.24) is 25.5 Å². The summed E-state index contributed by atoms with van der Waals surface area (Å²) >= 11 is 0. The van der Waals surface area contributed by atoms with E-state index in [2.05, 4.69) is 110 Å². The second-order valence-electron chi connectivity index (χ2n) is 9.26. The molecule has 5 nitrogen and oxygen atoms in total. The summed E-state index contributed by atoms with van der Waals surface area (Å²) in [5.41, 5.74) is 6.52. The van der Waals surface area contributed by atoms with Crippen LogP contribution in [-0.2, 0) is 17.3 Å². The fourth-order valence-corrected chi connectivity index (χ4v) is 5.48. The van der Waals surface area contributed by atoms with Gasteiger partial charge in [-0.05, 0) is 73.8 Å². The molecule has 1 fully saturated rings. The van der Waals surface area contributed by atoms with E-state index in [0.717, 1.165) is 24.9 Å². The third-order valence-electron chi connectivity index (χ3n) is 7.98. The van der Waals surface area contributed by atoms with E-state index in [1.54, 1.807) is 0 Å². The van der Waals surface area contributed by atoms with Gasteiger partial charge in [0.15, 0.2) is 0 Å². The zero-order valence-corrected chi connectivity index (χ0v) is 19.0. The van der Waals surface area contributed by atoms with Crippen molar-refractivity contribution in [1.29, 1.82) is 0 Å². The Hall–Kier alpha value is -2.53. The molecule has 2 heterocycles. The fourth-order valence-electron chi connectivity index (χ4n) is 5.48. The van der Waals surface area contributed by atoms with Crippen LogP contribution in [0.4, 0.5) is 0 Å². The molecule has 4 rings (SSSR count). The monoisotopic (exact) mass is 403 g/mol. The van der Waals surface area contributed by atoms with Gasteiger partial charge in [-0.1, -0.05) is 57.2 Å². The Morgan fingerprint density at radius 1 is 1.17 bits per heavy atom. The number of aromatic nitrogens is 4. The van der Waals surface area contributed by atoms with Gasteiger partial charge in [0.25, 0.3) is 0 Å². The zero-order chi connectivity index (χ0) is 21.5. The fraction of sp³-hybridized carbons (Fsp3) is 0.480. The van der Waals surface area contributed by atoms with Crippen LogP contribution in [0.15, 0.2) is 42.5 Å². The number of aromatic amines is 1. The lowest BCUT2D eigenvalue weighted by molar-refractivity contribution is 0.0411. The van der Waals surface area contributed by atoms with Gasteiger partial charge in [-0.3, -0.25) is 0 Å². The van der Waals surface area contributed by atoms with E-state index in [1.807, 2.05) is 0 Å². The molecule has 0 amide bonds. The molecular formula is C25H33N5. The standard InChI is InChI=1S/C25H33N5/c1-7-19-12-11-17(2)22(15-19)24(4)13-14-30(6)18(3)25(24,5)21-10-8-9-20(16-21)23-26-28-29-27-23/h8-12,15-16,18H,7,13-14H2,1-6H3,(H,26,27,28,29)/t18?,24-,25-/m1/s1. The molecule has 0 aliphatic carbocycles. The van der Waals surface area contributed by atoms with Crippen LogP contribution in [0.1, 0.15) is 56.4 Å². The van der Waals surface area contributed by atoms with Crippen LogP contribution in [0.3, 0.4) is 0 Å². The van der Waals surface area contributed by atoms with Gasteiger partial charge in [-0.2, -0.15) is 5.21 Å². The first-order valence-electron chi connectivity index (χ1n) is 11.0. The average Bonchev–Trinajstić information content (AvgIpc) is 3.30. The van der Waals surface area contributed by atoms with Gasteiger partial charge in [0, 0.05) is 22.4 Å².